The highest BCUT2D eigenvalue weighted by atomic mass is 16.5. The molecule has 9 nitrogen and oxygen atoms in total. The predicted molar refractivity (Wildman–Crippen MR) is 146 cm³/mol. The second-order valence-electron chi connectivity index (χ2n) is 12.1. The second-order valence-corrected chi connectivity index (χ2v) is 12.1. The van der Waals surface area contributed by atoms with Crippen molar-refractivity contribution in [3.8, 4) is 0 Å². The lowest BCUT2D eigenvalue weighted by Gasteiger charge is -2.36. The minimum atomic E-state index is -0.451. The third-order valence-corrected chi connectivity index (χ3v) is 8.32. The number of benzene rings is 1. The molecule has 0 radical (unpaired) electrons. The Labute approximate surface area is 230 Å². The third kappa shape index (κ3) is 5.88. The largest absolute Gasteiger partial charge is 0.461 e. The van der Waals surface area contributed by atoms with Crippen molar-refractivity contribution < 1.29 is 23.9 Å². The van der Waals surface area contributed by atoms with Crippen molar-refractivity contribution in [3.63, 3.8) is 0 Å². The molecule has 0 unspecified atom stereocenters. The highest BCUT2D eigenvalue weighted by Gasteiger charge is 2.40. The number of likely N-dealkylation sites (tertiary alicyclic amines) is 1. The van der Waals surface area contributed by atoms with Crippen LogP contribution in [0.4, 0.5) is 0 Å². The van der Waals surface area contributed by atoms with E-state index in [1.807, 2.05) is 30.4 Å². The number of hydrogen-bond acceptors (Lipinski definition) is 6. The summed E-state index contributed by atoms with van der Waals surface area (Å²) in [6, 6.07) is 6.79. The summed E-state index contributed by atoms with van der Waals surface area (Å²) in [5.41, 5.74) is 2.89. The van der Waals surface area contributed by atoms with Crippen molar-refractivity contribution in [1.82, 2.24) is 20.0 Å². The van der Waals surface area contributed by atoms with Crippen LogP contribution in [0.25, 0.3) is 0 Å². The van der Waals surface area contributed by atoms with E-state index in [1.165, 1.54) is 0 Å². The number of carbonyl (C=O) groups excluding carboxylic acids is 3. The van der Waals surface area contributed by atoms with Crippen molar-refractivity contribution in [2.75, 3.05) is 39.5 Å². The van der Waals surface area contributed by atoms with Gasteiger partial charge in [0.1, 0.15) is 0 Å². The summed E-state index contributed by atoms with van der Waals surface area (Å²) < 4.78 is 13.4. The number of amides is 2. The van der Waals surface area contributed by atoms with Gasteiger partial charge in [0.2, 0.25) is 0 Å². The van der Waals surface area contributed by atoms with Gasteiger partial charge in [-0.25, -0.2) is 4.79 Å². The quantitative estimate of drug-likeness (QED) is 0.542. The second kappa shape index (κ2) is 11.1. The fourth-order valence-corrected chi connectivity index (χ4v) is 5.98. The van der Waals surface area contributed by atoms with E-state index < -0.39 is 11.4 Å². The van der Waals surface area contributed by atoms with Gasteiger partial charge in [-0.15, -0.1) is 0 Å². The number of esters is 1. The van der Waals surface area contributed by atoms with E-state index in [1.54, 1.807) is 24.3 Å². The molecule has 0 atom stereocenters. The summed E-state index contributed by atoms with van der Waals surface area (Å²) in [6.45, 7) is 10.3. The first-order valence-corrected chi connectivity index (χ1v) is 14.2. The Balaban J connectivity index is 1.30. The van der Waals surface area contributed by atoms with Gasteiger partial charge in [0.15, 0.2) is 0 Å². The lowest BCUT2D eigenvalue weighted by atomic mass is 9.76. The molecule has 1 spiro atoms. The number of nitrogens with one attached hydrogen (secondary N) is 1. The van der Waals surface area contributed by atoms with Crippen LogP contribution in [0.2, 0.25) is 0 Å². The van der Waals surface area contributed by atoms with Gasteiger partial charge >= 0.3 is 5.97 Å². The van der Waals surface area contributed by atoms with E-state index in [2.05, 4.69) is 5.32 Å². The van der Waals surface area contributed by atoms with Crippen LogP contribution in [0.3, 0.4) is 0 Å². The van der Waals surface area contributed by atoms with Crippen LogP contribution in [0.1, 0.15) is 88.9 Å². The molecule has 1 N–H and O–H groups in total. The van der Waals surface area contributed by atoms with E-state index in [4.69, 9.17) is 14.6 Å². The van der Waals surface area contributed by atoms with Crippen LogP contribution >= 0.6 is 0 Å². The van der Waals surface area contributed by atoms with E-state index in [9.17, 15) is 14.4 Å². The number of nitrogens with zero attached hydrogens (tertiary/aromatic N) is 3. The number of aromatic nitrogens is 2. The average molecular weight is 537 g/mol. The van der Waals surface area contributed by atoms with Gasteiger partial charge < -0.3 is 19.7 Å². The summed E-state index contributed by atoms with van der Waals surface area (Å²) in [4.78, 5) is 40.7. The predicted octanol–water partition coefficient (Wildman–Crippen LogP) is 3.65. The third-order valence-electron chi connectivity index (χ3n) is 8.32. The van der Waals surface area contributed by atoms with Gasteiger partial charge in [-0.1, -0.05) is 26.8 Å². The minimum Gasteiger partial charge on any atom is -0.461 e. The number of ether oxygens (including phenoxy) is 2. The Bertz CT molecular complexity index is 1240. The van der Waals surface area contributed by atoms with Crippen LogP contribution in [0.5, 0.6) is 0 Å². The molecule has 9 heteroatoms. The van der Waals surface area contributed by atoms with E-state index in [0.29, 0.717) is 49.4 Å². The fourth-order valence-electron chi connectivity index (χ4n) is 5.98. The molecule has 0 saturated carbocycles. The first kappa shape index (κ1) is 27.4. The van der Waals surface area contributed by atoms with E-state index in [-0.39, 0.29) is 23.8 Å². The summed E-state index contributed by atoms with van der Waals surface area (Å²) >= 11 is 0. The molecule has 2 aromatic rings. The monoisotopic (exact) mass is 536 g/mol. The molecule has 210 valence electrons. The Hall–Kier alpha value is -3.20. The summed E-state index contributed by atoms with van der Waals surface area (Å²) in [6.07, 6.45) is 5.27. The molecule has 3 aliphatic heterocycles. The molecule has 39 heavy (non-hydrogen) atoms. The highest BCUT2D eigenvalue weighted by molar-refractivity contribution is 5.98. The highest BCUT2D eigenvalue weighted by Crippen LogP contribution is 2.38. The summed E-state index contributed by atoms with van der Waals surface area (Å²) in [5.74, 6) is -0.544. The van der Waals surface area contributed by atoms with Gasteiger partial charge in [-0.2, -0.15) is 5.10 Å². The zero-order valence-corrected chi connectivity index (χ0v) is 23.4. The SMILES string of the molecule is CCc1nn(CC(C)(C)COC(=O)c2cccc(C(=O)N3CCCC3)c2)c2c1C(=O)NCC1(CCOCC1)C2. The molecule has 3 aliphatic rings. The van der Waals surface area contributed by atoms with E-state index in [0.717, 1.165) is 56.6 Å². The van der Waals surface area contributed by atoms with Gasteiger partial charge in [-0.3, -0.25) is 14.3 Å². The van der Waals surface area contributed by atoms with Crippen molar-refractivity contribution in [3.05, 3.63) is 52.3 Å². The lowest BCUT2D eigenvalue weighted by Crippen LogP contribution is -2.41. The molecule has 5 rings (SSSR count). The standard InChI is InChI=1S/C30H40N4O5/c1-4-23-25-24(17-30(18-31-26(25)35)10-14-38-15-11-30)34(32-23)19-29(2,3)20-39-28(37)22-9-7-8-21(16-22)27(36)33-12-5-6-13-33/h7-9,16H,4-6,10-15,17-20H2,1-3H3,(H,31,35). The lowest BCUT2D eigenvalue weighted by molar-refractivity contribution is 0.0145. The molecular weight excluding hydrogens is 496 g/mol. The first-order chi connectivity index (χ1) is 18.7. The van der Waals surface area contributed by atoms with Crippen LogP contribution in [0.15, 0.2) is 24.3 Å². The normalized spacial score (nSPS) is 18.9. The first-order valence-electron chi connectivity index (χ1n) is 14.2. The number of carbonyl (C=O) groups is 3. The van der Waals surface area contributed by atoms with Crippen LogP contribution < -0.4 is 5.32 Å². The molecule has 2 amide bonds. The van der Waals surface area contributed by atoms with Gasteiger partial charge in [0, 0.05) is 50.4 Å². The van der Waals surface area contributed by atoms with Crippen molar-refractivity contribution in [2.24, 2.45) is 10.8 Å². The summed E-state index contributed by atoms with van der Waals surface area (Å²) in [5, 5.41) is 8.02. The maximum absolute atomic E-state index is 13.1. The van der Waals surface area contributed by atoms with Gasteiger partial charge in [-0.05, 0) is 62.1 Å². The Kier molecular flexibility index (Phi) is 7.80. The zero-order chi connectivity index (χ0) is 27.6. The van der Waals surface area contributed by atoms with Crippen LogP contribution in [0, 0.1) is 10.8 Å². The van der Waals surface area contributed by atoms with Crippen molar-refractivity contribution in [1.29, 1.82) is 0 Å². The maximum Gasteiger partial charge on any atom is 0.338 e. The molecule has 1 aromatic heterocycles. The molecular formula is C30H40N4O5. The average Bonchev–Trinajstić information content (AvgIpc) is 3.56. The Morgan fingerprint density at radius 3 is 2.59 bits per heavy atom. The molecule has 1 aromatic carbocycles. The molecule has 0 bridgehead atoms. The number of fused-ring (bicyclic) bond motifs is 1. The van der Waals surface area contributed by atoms with E-state index >= 15 is 0 Å². The number of hydrogen-bond donors (Lipinski definition) is 1. The molecule has 2 fully saturated rings. The molecule has 4 heterocycles. The van der Waals surface area contributed by atoms with Crippen molar-refractivity contribution >= 4 is 17.8 Å². The summed E-state index contributed by atoms with van der Waals surface area (Å²) in [7, 11) is 0. The minimum absolute atomic E-state index is 0.0317. The van der Waals surface area contributed by atoms with Gasteiger partial charge in [0.25, 0.3) is 11.8 Å². The fraction of sp³-hybridized carbons (Fsp3) is 0.600. The van der Waals surface area contributed by atoms with Gasteiger partial charge in [0.05, 0.1) is 29.1 Å². The van der Waals surface area contributed by atoms with Crippen molar-refractivity contribution in [2.45, 2.75) is 65.8 Å². The number of aryl methyl sites for hydroxylation is 1. The topological polar surface area (TPSA) is 103 Å². The molecule has 2 saturated heterocycles. The smallest absolute Gasteiger partial charge is 0.338 e. The number of rotatable bonds is 7. The van der Waals surface area contributed by atoms with Crippen LogP contribution in [-0.2, 0) is 28.9 Å². The zero-order valence-electron chi connectivity index (χ0n) is 23.4. The Morgan fingerprint density at radius 2 is 1.87 bits per heavy atom. The van der Waals surface area contributed by atoms with Crippen LogP contribution in [-0.4, -0.2) is 71.9 Å². The Morgan fingerprint density at radius 1 is 1.15 bits per heavy atom. The maximum atomic E-state index is 13.1. The molecule has 0 aliphatic carbocycles.